The van der Waals surface area contributed by atoms with Crippen LogP contribution in [0.4, 0.5) is 11.4 Å². The molecule has 0 aliphatic carbocycles. The molecule has 0 bridgehead atoms. The number of nitrogens with zero attached hydrogens (tertiary/aromatic N) is 1. The molecule has 0 saturated carbocycles. The van der Waals surface area contributed by atoms with Gasteiger partial charge in [-0.3, -0.25) is 4.79 Å². The molecule has 0 saturated heterocycles. The molecule has 1 aliphatic heterocycles. The number of hydrogen-bond donors (Lipinski definition) is 2. The zero-order chi connectivity index (χ0) is 15.0. The van der Waals surface area contributed by atoms with Gasteiger partial charge in [0.2, 0.25) is 5.91 Å². The van der Waals surface area contributed by atoms with E-state index in [1.54, 1.807) is 7.05 Å². The molecule has 2 N–H and O–H groups in total. The molecule has 110 valence electrons. The number of hydrogen-bond acceptors (Lipinski definition) is 4. The first-order valence-electron chi connectivity index (χ1n) is 6.97. The lowest BCUT2D eigenvalue weighted by molar-refractivity contribution is -0.117. The topological polar surface area (TPSA) is 57.5 Å². The second-order valence-corrected chi connectivity index (χ2v) is 5.35. The van der Waals surface area contributed by atoms with Crippen LogP contribution in [0.2, 0.25) is 0 Å². The number of carbonyl (C=O) groups excluding carboxylic acids is 1. The molecule has 1 aromatic carbocycles. The van der Waals surface area contributed by atoms with Crippen LogP contribution in [0, 0.1) is 6.92 Å². The maximum absolute atomic E-state index is 11.8. The number of nitrogens with one attached hydrogen (secondary N) is 2. The van der Waals surface area contributed by atoms with E-state index in [0.29, 0.717) is 6.54 Å². The molecular weight excluding hydrogens is 266 g/mol. The van der Waals surface area contributed by atoms with Gasteiger partial charge in [-0.25, -0.2) is 0 Å². The van der Waals surface area contributed by atoms with E-state index in [2.05, 4.69) is 15.5 Å². The second-order valence-electron chi connectivity index (χ2n) is 5.35. The maximum atomic E-state index is 11.8. The normalized spacial score (nSPS) is 16.7. The van der Waals surface area contributed by atoms with E-state index in [1.165, 1.54) is 0 Å². The highest BCUT2D eigenvalue weighted by Gasteiger charge is 2.29. The van der Waals surface area contributed by atoms with Gasteiger partial charge in [-0.05, 0) is 38.2 Å². The van der Waals surface area contributed by atoms with Gasteiger partial charge in [0.1, 0.15) is 17.6 Å². The average Bonchev–Trinajstić information content (AvgIpc) is 3.00. The Bertz CT molecular complexity index is 678. The summed E-state index contributed by atoms with van der Waals surface area (Å²) >= 11 is 0. The predicted octanol–water partition coefficient (Wildman–Crippen LogP) is 2.44. The van der Waals surface area contributed by atoms with Crippen molar-refractivity contribution in [2.24, 2.45) is 0 Å². The zero-order valence-electron chi connectivity index (χ0n) is 12.4. The summed E-state index contributed by atoms with van der Waals surface area (Å²) in [5.74, 6) is 1.83. The zero-order valence-corrected chi connectivity index (χ0v) is 12.4. The van der Waals surface area contributed by atoms with E-state index in [4.69, 9.17) is 4.42 Å². The van der Waals surface area contributed by atoms with Crippen molar-refractivity contribution in [3.05, 3.63) is 47.4 Å². The molecule has 1 unspecified atom stereocenters. The minimum atomic E-state index is -0.257. The van der Waals surface area contributed by atoms with Gasteiger partial charge in [0, 0.05) is 24.0 Å². The van der Waals surface area contributed by atoms with E-state index in [0.717, 1.165) is 28.5 Å². The van der Waals surface area contributed by atoms with Crippen molar-refractivity contribution < 1.29 is 9.21 Å². The van der Waals surface area contributed by atoms with Gasteiger partial charge in [0.05, 0.1) is 6.54 Å². The number of rotatable bonds is 4. The molecule has 1 aromatic heterocycles. The Morgan fingerprint density at radius 1 is 1.33 bits per heavy atom. The number of amides is 1. The molecule has 3 rings (SSSR count). The van der Waals surface area contributed by atoms with Gasteiger partial charge < -0.3 is 20.0 Å². The Hall–Kier alpha value is -2.27. The van der Waals surface area contributed by atoms with Crippen LogP contribution in [0.5, 0.6) is 0 Å². The van der Waals surface area contributed by atoms with Gasteiger partial charge in [0.25, 0.3) is 0 Å². The van der Waals surface area contributed by atoms with E-state index in [9.17, 15) is 4.79 Å². The summed E-state index contributed by atoms with van der Waals surface area (Å²) in [4.78, 5) is 13.9. The molecule has 0 radical (unpaired) electrons. The van der Waals surface area contributed by atoms with Crippen molar-refractivity contribution in [1.82, 2.24) is 5.32 Å². The Morgan fingerprint density at radius 2 is 2.14 bits per heavy atom. The number of carbonyl (C=O) groups is 1. The molecule has 0 spiro atoms. The van der Waals surface area contributed by atoms with Crippen LogP contribution in [0.1, 0.15) is 23.1 Å². The number of aryl methyl sites for hydroxylation is 1. The monoisotopic (exact) mass is 285 g/mol. The van der Waals surface area contributed by atoms with Gasteiger partial charge in [-0.1, -0.05) is 6.07 Å². The lowest BCUT2D eigenvalue weighted by Crippen LogP contribution is -2.23. The molecule has 0 fully saturated rings. The molecule has 2 aromatic rings. The summed E-state index contributed by atoms with van der Waals surface area (Å²) < 4.78 is 5.60. The van der Waals surface area contributed by atoms with Crippen LogP contribution >= 0.6 is 0 Å². The summed E-state index contributed by atoms with van der Waals surface area (Å²) in [5.41, 5.74) is 2.91. The van der Waals surface area contributed by atoms with E-state index < -0.39 is 0 Å². The highest BCUT2D eigenvalue weighted by atomic mass is 16.3. The van der Waals surface area contributed by atoms with Crippen molar-refractivity contribution in [1.29, 1.82) is 0 Å². The highest BCUT2D eigenvalue weighted by molar-refractivity contribution is 6.03. The summed E-state index contributed by atoms with van der Waals surface area (Å²) in [6.07, 6.45) is 0. The quantitative estimate of drug-likeness (QED) is 0.906. The van der Waals surface area contributed by atoms with Crippen LogP contribution in [0.3, 0.4) is 0 Å². The summed E-state index contributed by atoms with van der Waals surface area (Å²) in [6, 6.07) is 9.71. The standard InChI is InChI=1S/C16H19N3O2/c1-10-4-6-12(21-10)9-19(3)11-5-7-13-14(8-11)18-16(20)15(13)17-2/h4-8,15,17H,9H2,1-3H3,(H,18,20). The fourth-order valence-corrected chi connectivity index (χ4v) is 2.67. The summed E-state index contributed by atoms with van der Waals surface area (Å²) in [6.45, 7) is 2.63. The SMILES string of the molecule is CNC1C(=O)Nc2cc(N(C)Cc3ccc(C)o3)ccc21. The Balaban J connectivity index is 1.81. The minimum Gasteiger partial charge on any atom is -0.464 e. The molecule has 2 heterocycles. The summed E-state index contributed by atoms with van der Waals surface area (Å²) in [5, 5.41) is 5.93. The lowest BCUT2D eigenvalue weighted by atomic mass is 10.1. The van der Waals surface area contributed by atoms with Gasteiger partial charge >= 0.3 is 0 Å². The first-order valence-corrected chi connectivity index (χ1v) is 6.97. The third-order valence-corrected chi connectivity index (χ3v) is 3.79. The summed E-state index contributed by atoms with van der Waals surface area (Å²) in [7, 11) is 3.80. The number of fused-ring (bicyclic) bond motifs is 1. The van der Waals surface area contributed by atoms with Gasteiger partial charge in [0.15, 0.2) is 0 Å². The van der Waals surface area contributed by atoms with Crippen LogP contribution in [-0.2, 0) is 11.3 Å². The van der Waals surface area contributed by atoms with Crippen LogP contribution in [-0.4, -0.2) is 20.0 Å². The molecular formula is C16H19N3O2. The van der Waals surface area contributed by atoms with Crippen molar-refractivity contribution in [2.45, 2.75) is 19.5 Å². The first kappa shape index (κ1) is 13.7. The average molecular weight is 285 g/mol. The second kappa shape index (κ2) is 5.26. The number of likely N-dealkylation sites (N-methyl/N-ethyl adjacent to an activating group) is 1. The largest absolute Gasteiger partial charge is 0.464 e. The van der Waals surface area contributed by atoms with E-state index >= 15 is 0 Å². The third-order valence-electron chi connectivity index (χ3n) is 3.79. The molecule has 1 atom stereocenters. The number of anilines is 2. The van der Waals surface area contributed by atoms with Crippen molar-refractivity contribution in [3.8, 4) is 0 Å². The lowest BCUT2D eigenvalue weighted by Gasteiger charge is -2.19. The van der Waals surface area contributed by atoms with Gasteiger partial charge in [-0.2, -0.15) is 0 Å². The smallest absolute Gasteiger partial charge is 0.246 e. The van der Waals surface area contributed by atoms with Crippen molar-refractivity contribution in [3.63, 3.8) is 0 Å². The van der Waals surface area contributed by atoms with Crippen LogP contribution < -0.4 is 15.5 Å². The van der Waals surface area contributed by atoms with E-state index in [-0.39, 0.29) is 11.9 Å². The fourth-order valence-electron chi connectivity index (χ4n) is 2.67. The van der Waals surface area contributed by atoms with Crippen LogP contribution in [0.15, 0.2) is 34.7 Å². The van der Waals surface area contributed by atoms with Crippen molar-refractivity contribution >= 4 is 17.3 Å². The minimum absolute atomic E-state index is 0.00559. The van der Waals surface area contributed by atoms with Gasteiger partial charge in [-0.15, -0.1) is 0 Å². The molecule has 1 aliphatic rings. The van der Waals surface area contributed by atoms with E-state index in [1.807, 2.05) is 44.3 Å². The Kier molecular flexibility index (Phi) is 3.43. The number of furan rings is 1. The van der Waals surface area contributed by atoms with Crippen LogP contribution in [0.25, 0.3) is 0 Å². The highest BCUT2D eigenvalue weighted by Crippen LogP contribution is 2.33. The first-order chi connectivity index (χ1) is 10.1. The number of benzene rings is 1. The third kappa shape index (κ3) is 2.52. The Morgan fingerprint density at radius 3 is 2.81 bits per heavy atom. The molecule has 5 heteroatoms. The molecule has 5 nitrogen and oxygen atoms in total. The Labute approximate surface area is 123 Å². The molecule has 1 amide bonds. The predicted molar refractivity (Wildman–Crippen MR) is 82.4 cm³/mol. The fraction of sp³-hybridized carbons (Fsp3) is 0.312. The molecule has 21 heavy (non-hydrogen) atoms. The maximum Gasteiger partial charge on any atom is 0.246 e. The van der Waals surface area contributed by atoms with Crippen molar-refractivity contribution in [2.75, 3.05) is 24.3 Å².